The summed E-state index contributed by atoms with van der Waals surface area (Å²) >= 11 is 0. The number of amides is 1. The van der Waals surface area contributed by atoms with Gasteiger partial charge in [-0.15, -0.1) is 0 Å². The van der Waals surface area contributed by atoms with E-state index in [1.165, 1.54) is 35.6 Å². The molecule has 11 heteroatoms. The molecule has 8 nitrogen and oxygen atoms in total. The standard InChI is InChI=1S/C28H22F3N7O/c1-17-5-6-19(10-25(17)37-27-33-9-7-24(36-27)20-4-3-8-32-14-20)26(39)35-22-11-21(28(29,30)31)12-23(13-22)38-15-18(2)34-16-38/h3-16H,1-2H3,(H,35,39)(H,33,36,37)/i1D3,5D,6D,7D,9D,10D. The van der Waals surface area contributed by atoms with Gasteiger partial charge in [0.15, 0.2) is 0 Å². The maximum Gasteiger partial charge on any atom is 0.416 e. The molecule has 0 atom stereocenters. The highest BCUT2D eigenvalue weighted by Gasteiger charge is 2.31. The number of pyridine rings is 1. The Labute approximate surface area is 232 Å². The highest BCUT2D eigenvalue weighted by atomic mass is 19.4. The largest absolute Gasteiger partial charge is 0.416 e. The number of rotatable bonds is 6. The van der Waals surface area contributed by atoms with Gasteiger partial charge in [-0.1, -0.05) is 6.04 Å². The molecular weight excluding hydrogens is 507 g/mol. The van der Waals surface area contributed by atoms with Crippen molar-refractivity contribution in [1.82, 2.24) is 24.5 Å². The first-order valence-corrected chi connectivity index (χ1v) is 11.2. The van der Waals surface area contributed by atoms with Crippen LogP contribution in [0.25, 0.3) is 16.9 Å². The molecule has 2 N–H and O–H groups in total. The van der Waals surface area contributed by atoms with Gasteiger partial charge < -0.3 is 15.2 Å². The van der Waals surface area contributed by atoms with Crippen LogP contribution in [0.3, 0.4) is 0 Å². The van der Waals surface area contributed by atoms with Gasteiger partial charge in [0.25, 0.3) is 5.91 Å². The molecule has 196 valence electrons. The summed E-state index contributed by atoms with van der Waals surface area (Å²) in [5.41, 5.74) is -3.11. The third kappa shape index (κ3) is 5.93. The van der Waals surface area contributed by atoms with Gasteiger partial charge >= 0.3 is 6.18 Å². The molecule has 5 aromatic rings. The second kappa shape index (κ2) is 10.4. The fraction of sp³-hybridized carbons (Fsp3) is 0.107. The van der Waals surface area contributed by atoms with Crippen LogP contribution in [0.15, 0.2) is 85.6 Å². The molecule has 0 fully saturated rings. The molecule has 0 saturated carbocycles. The number of hydrogen-bond donors (Lipinski definition) is 2. The molecule has 0 bridgehead atoms. The second-order valence-electron chi connectivity index (χ2n) is 8.14. The summed E-state index contributed by atoms with van der Waals surface area (Å²) in [5.74, 6) is -1.74. The van der Waals surface area contributed by atoms with Crippen molar-refractivity contribution in [1.29, 1.82) is 0 Å². The van der Waals surface area contributed by atoms with Gasteiger partial charge in [-0.25, -0.2) is 15.0 Å². The van der Waals surface area contributed by atoms with Crippen molar-refractivity contribution >= 4 is 23.2 Å². The van der Waals surface area contributed by atoms with Crippen LogP contribution in [-0.2, 0) is 6.18 Å². The average Bonchev–Trinajstić information content (AvgIpc) is 3.43. The minimum absolute atomic E-state index is 0.0141. The molecule has 5 rings (SSSR count). The number of imidazole rings is 1. The van der Waals surface area contributed by atoms with Crippen molar-refractivity contribution in [2.45, 2.75) is 20.0 Å². The fourth-order valence-corrected chi connectivity index (χ4v) is 3.47. The van der Waals surface area contributed by atoms with Gasteiger partial charge in [0.05, 0.1) is 30.1 Å². The third-order valence-electron chi connectivity index (χ3n) is 5.28. The summed E-state index contributed by atoms with van der Waals surface area (Å²) in [4.78, 5) is 29.5. The van der Waals surface area contributed by atoms with E-state index in [-0.39, 0.29) is 23.1 Å². The second-order valence-corrected chi connectivity index (χ2v) is 8.14. The molecule has 1 amide bonds. The van der Waals surface area contributed by atoms with E-state index in [1.54, 1.807) is 19.1 Å². The summed E-state index contributed by atoms with van der Waals surface area (Å²) in [7, 11) is 0. The summed E-state index contributed by atoms with van der Waals surface area (Å²) in [6, 6.07) is 2.54. The van der Waals surface area contributed by atoms with Crippen molar-refractivity contribution in [3.63, 3.8) is 0 Å². The number of alkyl halides is 3. The number of halogens is 3. The molecule has 0 spiro atoms. The van der Waals surface area contributed by atoms with Gasteiger partial charge in [0, 0.05) is 57.1 Å². The van der Waals surface area contributed by atoms with E-state index < -0.39 is 71.6 Å². The number of aromatic nitrogens is 5. The lowest BCUT2D eigenvalue weighted by Gasteiger charge is -2.14. The van der Waals surface area contributed by atoms with Crippen LogP contribution in [-0.4, -0.2) is 30.4 Å². The van der Waals surface area contributed by atoms with Crippen LogP contribution in [0.1, 0.15) is 38.1 Å². The van der Waals surface area contributed by atoms with Crippen molar-refractivity contribution in [3.8, 4) is 16.9 Å². The van der Waals surface area contributed by atoms with Crippen molar-refractivity contribution in [2.75, 3.05) is 10.6 Å². The zero-order valence-corrected chi connectivity index (χ0v) is 20.0. The van der Waals surface area contributed by atoms with Crippen LogP contribution in [0.4, 0.5) is 30.5 Å². The minimum Gasteiger partial charge on any atom is -0.324 e. The van der Waals surface area contributed by atoms with Crippen molar-refractivity contribution in [2.24, 2.45) is 0 Å². The Morgan fingerprint density at radius 1 is 1.15 bits per heavy atom. The summed E-state index contributed by atoms with van der Waals surface area (Å²) in [5, 5.41) is 4.71. The highest BCUT2D eigenvalue weighted by molar-refractivity contribution is 6.05. The van der Waals surface area contributed by atoms with Gasteiger partial charge in [-0.3, -0.25) is 9.78 Å². The minimum atomic E-state index is -4.82. The molecule has 3 aromatic heterocycles. The molecule has 0 radical (unpaired) electrons. The van der Waals surface area contributed by atoms with Gasteiger partial charge in [-0.05, 0) is 67.8 Å². The van der Waals surface area contributed by atoms with Gasteiger partial charge in [0.2, 0.25) is 5.95 Å². The van der Waals surface area contributed by atoms with E-state index in [0.29, 0.717) is 17.3 Å². The maximum atomic E-state index is 13.8. The monoisotopic (exact) mass is 537 g/mol. The number of carbonyl (C=O) groups is 1. The summed E-state index contributed by atoms with van der Waals surface area (Å²) in [6.45, 7) is -1.48. The van der Waals surface area contributed by atoms with Crippen LogP contribution < -0.4 is 10.6 Å². The molecule has 2 aromatic carbocycles. The van der Waals surface area contributed by atoms with Crippen LogP contribution in [0.2, 0.25) is 0 Å². The first-order valence-electron chi connectivity index (χ1n) is 15.2. The van der Waals surface area contributed by atoms with Crippen molar-refractivity contribution < 1.29 is 28.9 Å². The Morgan fingerprint density at radius 2 is 2.03 bits per heavy atom. The van der Waals surface area contributed by atoms with E-state index in [2.05, 4.69) is 30.6 Å². The number of nitrogens with zero attached hydrogens (tertiary/aromatic N) is 5. The number of anilines is 3. The van der Waals surface area contributed by atoms with Crippen LogP contribution >= 0.6 is 0 Å². The number of hydrogen-bond acceptors (Lipinski definition) is 6. The molecule has 0 aliphatic heterocycles. The van der Waals surface area contributed by atoms with Crippen molar-refractivity contribution in [3.05, 3.63) is 108 Å². The van der Waals surface area contributed by atoms with Crippen LogP contribution in [0.5, 0.6) is 0 Å². The lowest BCUT2D eigenvalue weighted by molar-refractivity contribution is -0.137. The number of benzene rings is 2. The lowest BCUT2D eigenvalue weighted by Crippen LogP contribution is -2.14. The first-order chi connectivity index (χ1) is 22.0. The highest BCUT2D eigenvalue weighted by Crippen LogP contribution is 2.33. The molecular formula is C28H22F3N7O. The maximum absolute atomic E-state index is 13.8. The predicted octanol–water partition coefficient (Wildman–Crippen LogP) is 6.36. The zero-order valence-electron chi connectivity index (χ0n) is 28.0. The average molecular weight is 538 g/mol. The topological polar surface area (TPSA) is 97.6 Å². The Morgan fingerprint density at radius 3 is 2.74 bits per heavy atom. The quantitative estimate of drug-likeness (QED) is 0.262. The van der Waals surface area contributed by atoms with Gasteiger partial charge in [-0.2, -0.15) is 13.2 Å². The third-order valence-corrected chi connectivity index (χ3v) is 5.28. The number of nitrogens with one attached hydrogen (secondary N) is 2. The van der Waals surface area contributed by atoms with Gasteiger partial charge in [0.1, 0.15) is 0 Å². The molecule has 0 unspecified atom stereocenters. The summed E-state index contributed by atoms with van der Waals surface area (Å²) in [6.07, 6.45) is 0.153. The Hall–Kier alpha value is -5.06. The Bertz CT molecular complexity index is 2020. The molecule has 0 saturated heterocycles. The van der Waals surface area contributed by atoms with E-state index in [4.69, 9.17) is 11.0 Å². The summed E-state index contributed by atoms with van der Waals surface area (Å²) < 4.78 is 109. The predicted molar refractivity (Wildman–Crippen MR) is 141 cm³/mol. The van der Waals surface area contributed by atoms with Crippen LogP contribution in [0, 0.1) is 13.8 Å². The molecule has 3 heterocycles. The van der Waals surface area contributed by atoms with E-state index in [0.717, 1.165) is 6.07 Å². The molecule has 39 heavy (non-hydrogen) atoms. The Balaban J connectivity index is 1.62. The lowest BCUT2D eigenvalue weighted by atomic mass is 10.1. The first kappa shape index (κ1) is 17.4. The van der Waals surface area contributed by atoms with E-state index in [1.807, 2.05) is 0 Å². The molecule has 0 aliphatic rings. The smallest absolute Gasteiger partial charge is 0.324 e. The number of aryl methyl sites for hydroxylation is 1. The number of carbonyl (C=O) groups excluding carboxylic acids is 1. The molecule has 0 aliphatic carbocycles. The zero-order chi connectivity index (χ0) is 34.4. The van der Waals surface area contributed by atoms with E-state index >= 15 is 0 Å². The SMILES string of the molecule is [2H]c1nc(Nc2c([2H])c(C(=O)Nc3cc(-n4cnc(C)c4)cc(C(F)(F)F)c3)c([2H])c([2H])c2C([2H])([2H])[2H])nc(-c2cccnc2)c1[2H]. The normalized spacial score (nSPS) is 14.6. The van der Waals surface area contributed by atoms with E-state index in [9.17, 15) is 18.0 Å². The fourth-order valence-electron chi connectivity index (χ4n) is 3.47. The Kier molecular flexibility index (Phi) is 4.64.